The molecule has 0 saturated heterocycles. The van der Waals surface area contributed by atoms with E-state index in [0.29, 0.717) is 17.9 Å². The summed E-state index contributed by atoms with van der Waals surface area (Å²) in [6.45, 7) is 1.80. The number of aryl methyl sites for hydroxylation is 1. The van der Waals surface area contributed by atoms with Crippen molar-refractivity contribution in [2.45, 2.75) is 13.3 Å². The van der Waals surface area contributed by atoms with Crippen LogP contribution in [0.1, 0.15) is 10.6 Å². The van der Waals surface area contributed by atoms with Crippen LogP contribution in [-0.2, 0) is 11.2 Å². The second kappa shape index (κ2) is 4.36. The summed E-state index contributed by atoms with van der Waals surface area (Å²) in [6, 6.07) is 3.84. The highest BCUT2D eigenvalue weighted by molar-refractivity contribution is 7.10. The van der Waals surface area contributed by atoms with Crippen LogP contribution in [0, 0.1) is 6.92 Å². The van der Waals surface area contributed by atoms with E-state index in [-0.39, 0.29) is 5.91 Å². The molecule has 0 aliphatic rings. The Hall–Kier alpha value is -1.82. The Morgan fingerprint density at radius 3 is 3.06 bits per heavy atom. The van der Waals surface area contributed by atoms with E-state index in [9.17, 15) is 4.79 Å². The number of carbonyl (C=O) groups excluding carboxylic acids is 1. The van der Waals surface area contributed by atoms with Gasteiger partial charge in [0.1, 0.15) is 0 Å². The molecule has 1 amide bonds. The van der Waals surface area contributed by atoms with E-state index < -0.39 is 0 Å². The number of carbonyl (C=O) groups is 1. The summed E-state index contributed by atoms with van der Waals surface area (Å²) in [6.07, 6.45) is 0.350. The van der Waals surface area contributed by atoms with Gasteiger partial charge in [-0.15, -0.1) is 11.3 Å². The summed E-state index contributed by atoms with van der Waals surface area (Å²) < 4.78 is 0. The topological polar surface area (TPSA) is 83.8 Å². The molecule has 0 aliphatic carbocycles. The molecule has 0 spiro atoms. The van der Waals surface area contributed by atoms with Gasteiger partial charge in [-0.25, -0.2) is 0 Å². The molecule has 16 heavy (non-hydrogen) atoms. The smallest absolute Gasteiger partial charge is 0.230 e. The third-order valence-corrected chi connectivity index (χ3v) is 3.04. The van der Waals surface area contributed by atoms with Gasteiger partial charge in [-0.1, -0.05) is 6.07 Å². The molecular formula is C10H12N4OS. The summed E-state index contributed by atoms with van der Waals surface area (Å²) in [5.74, 6) is 0.291. The van der Waals surface area contributed by atoms with Crippen LogP contribution in [0.25, 0.3) is 0 Å². The third-order valence-electron chi connectivity index (χ3n) is 2.17. The van der Waals surface area contributed by atoms with Crippen molar-refractivity contribution in [3.05, 3.63) is 28.1 Å². The molecule has 0 bridgehead atoms. The Morgan fingerprint density at radius 1 is 1.69 bits per heavy atom. The largest absolute Gasteiger partial charge is 0.394 e. The molecule has 0 radical (unpaired) electrons. The van der Waals surface area contributed by atoms with Crippen molar-refractivity contribution in [1.82, 2.24) is 10.2 Å². The van der Waals surface area contributed by atoms with Gasteiger partial charge in [-0.05, 0) is 18.4 Å². The number of nitrogens with one attached hydrogen (secondary N) is 2. The van der Waals surface area contributed by atoms with Gasteiger partial charge in [0.2, 0.25) is 5.91 Å². The summed E-state index contributed by atoms with van der Waals surface area (Å²) >= 11 is 1.55. The van der Waals surface area contributed by atoms with Gasteiger partial charge in [-0.2, -0.15) is 5.10 Å². The summed E-state index contributed by atoms with van der Waals surface area (Å²) in [5.41, 5.74) is 6.96. The van der Waals surface area contributed by atoms with E-state index in [0.717, 1.165) is 10.6 Å². The lowest BCUT2D eigenvalue weighted by Crippen LogP contribution is -2.15. The Kier molecular flexibility index (Phi) is 2.91. The average Bonchev–Trinajstić information content (AvgIpc) is 2.83. The lowest BCUT2D eigenvalue weighted by atomic mass is 10.3. The zero-order valence-electron chi connectivity index (χ0n) is 8.78. The van der Waals surface area contributed by atoms with Crippen molar-refractivity contribution in [2.24, 2.45) is 0 Å². The minimum Gasteiger partial charge on any atom is -0.394 e. The molecule has 0 aromatic carbocycles. The number of anilines is 2. The molecule has 6 heteroatoms. The molecule has 0 atom stereocenters. The van der Waals surface area contributed by atoms with Crippen molar-refractivity contribution >= 4 is 28.7 Å². The van der Waals surface area contributed by atoms with E-state index in [1.807, 2.05) is 17.5 Å². The number of aromatic amines is 1. The summed E-state index contributed by atoms with van der Waals surface area (Å²) in [4.78, 5) is 12.6. The average molecular weight is 236 g/mol. The number of nitrogens with two attached hydrogens (primary N) is 1. The van der Waals surface area contributed by atoms with E-state index >= 15 is 0 Å². The third kappa shape index (κ3) is 2.22. The zero-order chi connectivity index (χ0) is 11.5. The fourth-order valence-corrected chi connectivity index (χ4v) is 1.98. The van der Waals surface area contributed by atoms with Crippen LogP contribution in [0.5, 0.6) is 0 Å². The first-order chi connectivity index (χ1) is 7.66. The molecule has 5 nitrogen and oxygen atoms in total. The van der Waals surface area contributed by atoms with E-state index in [1.54, 1.807) is 18.3 Å². The Balaban J connectivity index is 2.00. The number of aromatic nitrogens is 2. The van der Waals surface area contributed by atoms with Gasteiger partial charge in [0.15, 0.2) is 5.82 Å². The number of hydrogen-bond donors (Lipinski definition) is 3. The number of rotatable bonds is 3. The Morgan fingerprint density at radius 2 is 2.50 bits per heavy atom. The predicted octanol–water partition coefficient (Wildman–Crippen LogP) is 1.54. The number of amides is 1. The molecule has 4 N–H and O–H groups in total. The standard InChI is InChI=1S/C10H12N4OS/c1-6-9(11)10(14-13-6)12-8(15)5-7-3-2-4-16-7/h2-4H,5,11H2,1H3,(H2,12,13,14,15). The predicted molar refractivity (Wildman–Crippen MR) is 64.4 cm³/mol. The quantitative estimate of drug-likeness (QED) is 0.755. The number of hydrogen-bond acceptors (Lipinski definition) is 4. The first kappa shape index (κ1) is 10.7. The van der Waals surface area contributed by atoms with E-state index in [1.165, 1.54) is 0 Å². The molecular weight excluding hydrogens is 224 g/mol. The van der Waals surface area contributed by atoms with Crippen LogP contribution in [0.15, 0.2) is 17.5 Å². The van der Waals surface area contributed by atoms with Crippen molar-refractivity contribution < 1.29 is 4.79 Å². The number of nitrogen functional groups attached to an aromatic ring is 1. The van der Waals surface area contributed by atoms with Crippen molar-refractivity contribution in [3.8, 4) is 0 Å². The molecule has 0 aliphatic heterocycles. The van der Waals surface area contributed by atoms with Gasteiger partial charge in [0.25, 0.3) is 0 Å². The maximum absolute atomic E-state index is 11.6. The maximum atomic E-state index is 11.6. The van der Waals surface area contributed by atoms with Crippen LogP contribution in [0.4, 0.5) is 11.5 Å². The second-order valence-corrected chi connectivity index (χ2v) is 4.45. The monoisotopic (exact) mass is 236 g/mol. The van der Waals surface area contributed by atoms with Crippen molar-refractivity contribution in [1.29, 1.82) is 0 Å². The molecule has 84 valence electrons. The minimum absolute atomic E-state index is 0.111. The van der Waals surface area contributed by atoms with Gasteiger partial charge in [0, 0.05) is 4.88 Å². The van der Waals surface area contributed by atoms with Crippen LogP contribution < -0.4 is 11.1 Å². The lowest BCUT2D eigenvalue weighted by molar-refractivity contribution is -0.115. The molecule has 2 rings (SSSR count). The van der Waals surface area contributed by atoms with Crippen LogP contribution in [-0.4, -0.2) is 16.1 Å². The van der Waals surface area contributed by atoms with Crippen molar-refractivity contribution in [3.63, 3.8) is 0 Å². The maximum Gasteiger partial charge on any atom is 0.230 e. The van der Waals surface area contributed by atoms with Crippen LogP contribution >= 0.6 is 11.3 Å². The van der Waals surface area contributed by atoms with Gasteiger partial charge < -0.3 is 11.1 Å². The molecule has 0 saturated carbocycles. The normalized spacial score (nSPS) is 10.3. The van der Waals surface area contributed by atoms with Gasteiger partial charge in [-0.3, -0.25) is 9.89 Å². The summed E-state index contributed by atoms with van der Waals surface area (Å²) in [7, 11) is 0. The number of H-pyrrole nitrogens is 1. The van der Waals surface area contributed by atoms with Gasteiger partial charge >= 0.3 is 0 Å². The van der Waals surface area contributed by atoms with Gasteiger partial charge in [0.05, 0.1) is 17.8 Å². The van der Waals surface area contributed by atoms with E-state index in [4.69, 9.17) is 5.73 Å². The highest BCUT2D eigenvalue weighted by atomic mass is 32.1. The Labute approximate surface area is 96.7 Å². The molecule has 2 heterocycles. The lowest BCUT2D eigenvalue weighted by Gasteiger charge is -2.01. The van der Waals surface area contributed by atoms with Crippen LogP contribution in [0.2, 0.25) is 0 Å². The first-order valence-corrected chi connectivity index (χ1v) is 5.67. The zero-order valence-corrected chi connectivity index (χ0v) is 9.60. The molecule has 2 aromatic rings. The minimum atomic E-state index is -0.111. The fraction of sp³-hybridized carbons (Fsp3) is 0.200. The molecule has 0 fully saturated rings. The SMILES string of the molecule is Cc1[nH]nc(NC(=O)Cc2cccs2)c1N. The van der Waals surface area contributed by atoms with E-state index in [2.05, 4.69) is 15.5 Å². The van der Waals surface area contributed by atoms with Crippen LogP contribution in [0.3, 0.4) is 0 Å². The summed E-state index contributed by atoms with van der Waals surface area (Å²) in [5, 5.41) is 11.2. The van der Waals surface area contributed by atoms with Crippen molar-refractivity contribution in [2.75, 3.05) is 11.1 Å². The highest BCUT2D eigenvalue weighted by Crippen LogP contribution is 2.18. The number of thiophene rings is 1. The first-order valence-electron chi connectivity index (χ1n) is 4.79. The number of nitrogens with zero attached hydrogens (tertiary/aromatic N) is 1. The Bertz CT molecular complexity index is 489. The second-order valence-electron chi connectivity index (χ2n) is 3.42. The highest BCUT2D eigenvalue weighted by Gasteiger charge is 2.10. The fourth-order valence-electron chi connectivity index (χ4n) is 1.28. The molecule has 2 aromatic heterocycles. The molecule has 0 unspecified atom stereocenters.